The molecule has 11 heteroatoms. The number of hydrogen-bond acceptors (Lipinski definition) is 5. The number of halogens is 3. The van der Waals surface area contributed by atoms with Crippen LogP contribution in [0.25, 0.3) is 11.0 Å². The molecule has 194 valence electrons. The predicted octanol–water partition coefficient (Wildman–Crippen LogP) is 4.52. The summed E-state index contributed by atoms with van der Waals surface area (Å²) in [6.45, 7) is 4.81. The van der Waals surface area contributed by atoms with E-state index in [9.17, 15) is 22.8 Å². The van der Waals surface area contributed by atoms with Gasteiger partial charge in [0.2, 0.25) is 5.91 Å². The normalized spacial score (nSPS) is 11.8. The SMILES string of the molecule is CC(C)Sc1ccc(CC(=O)NCCn2ncc3c(=O)n(Cc4cccc(C(F)(F)F)c4)cnc32)cc1. The molecular formula is C26H26F3N5O2S. The van der Waals surface area contributed by atoms with Crippen LogP contribution in [0, 0.1) is 0 Å². The number of rotatable bonds is 9. The van der Waals surface area contributed by atoms with Crippen molar-refractivity contribution >= 4 is 28.7 Å². The number of hydrogen-bond donors (Lipinski definition) is 1. The lowest BCUT2D eigenvalue weighted by Crippen LogP contribution is -2.29. The second-order valence-corrected chi connectivity index (χ2v) is 10.5. The van der Waals surface area contributed by atoms with Crippen molar-refractivity contribution in [3.05, 3.63) is 88.1 Å². The molecule has 0 saturated carbocycles. The molecule has 0 aliphatic rings. The first-order chi connectivity index (χ1) is 17.6. The van der Waals surface area contributed by atoms with E-state index < -0.39 is 17.3 Å². The zero-order chi connectivity index (χ0) is 26.6. The Morgan fingerprint density at radius 1 is 1.11 bits per heavy atom. The highest BCUT2D eigenvalue weighted by Crippen LogP contribution is 2.29. The second kappa shape index (κ2) is 11.2. The first-order valence-corrected chi connectivity index (χ1v) is 12.6. The van der Waals surface area contributed by atoms with Crippen molar-refractivity contribution in [2.75, 3.05) is 6.54 Å². The zero-order valence-corrected chi connectivity index (χ0v) is 21.1. The van der Waals surface area contributed by atoms with E-state index in [0.29, 0.717) is 29.6 Å². The molecule has 0 aliphatic carbocycles. The van der Waals surface area contributed by atoms with Crippen LogP contribution in [0.1, 0.15) is 30.5 Å². The lowest BCUT2D eigenvalue weighted by molar-refractivity contribution is -0.137. The van der Waals surface area contributed by atoms with Gasteiger partial charge in [0.1, 0.15) is 11.7 Å². The van der Waals surface area contributed by atoms with Gasteiger partial charge in [-0.3, -0.25) is 14.2 Å². The lowest BCUT2D eigenvalue weighted by Gasteiger charge is -2.10. The third-order valence-electron chi connectivity index (χ3n) is 5.54. The van der Waals surface area contributed by atoms with Crippen molar-refractivity contribution in [1.82, 2.24) is 24.6 Å². The van der Waals surface area contributed by atoms with E-state index in [2.05, 4.69) is 29.2 Å². The molecule has 1 amide bonds. The molecule has 4 aromatic rings. The number of benzene rings is 2. The maximum absolute atomic E-state index is 13.0. The molecule has 0 atom stereocenters. The average Bonchev–Trinajstić information content (AvgIpc) is 3.25. The molecular weight excluding hydrogens is 503 g/mol. The predicted molar refractivity (Wildman–Crippen MR) is 136 cm³/mol. The number of carbonyl (C=O) groups is 1. The van der Waals surface area contributed by atoms with Crippen LogP contribution in [-0.4, -0.2) is 37.0 Å². The van der Waals surface area contributed by atoms with Gasteiger partial charge in [-0.15, -0.1) is 11.8 Å². The second-order valence-electron chi connectivity index (χ2n) is 8.82. The monoisotopic (exact) mass is 529 g/mol. The molecule has 7 nitrogen and oxygen atoms in total. The number of nitrogens with one attached hydrogen (secondary N) is 1. The van der Waals surface area contributed by atoms with E-state index in [1.54, 1.807) is 11.8 Å². The maximum Gasteiger partial charge on any atom is 0.416 e. The molecule has 0 fully saturated rings. The van der Waals surface area contributed by atoms with Crippen molar-refractivity contribution in [2.45, 2.75) is 49.7 Å². The third-order valence-corrected chi connectivity index (χ3v) is 6.55. The summed E-state index contributed by atoms with van der Waals surface area (Å²) in [5.74, 6) is -0.128. The van der Waals surface area contributed by atoms with Crippen LogP contribution in [0.3, 0.4) is 0 Å². The molecule has 0 aliphatic heterocycles. The third kappa shape index (κ3) is 6.79. The fraction of sp³-hybridized carbons (Fsp3) is 0.308. The van der Waals surface area contributed by atoms with Crippen molar-refractivity contribution in [3.63, 3.8) is 0 Å². The summed E-state index contributed by atoms with van der Waals surface area (Å²) in [6.07, 6.45) is -1.53. The smallest absolute Gasteiger partial charge is 0.354 e. The van der Waals surface area contributed by atoms with Gasteiger partial charge >= 0.3 is 6.18 Å². The Kier molecular flexibility index (Phi) is 8.01. The molecule has 0 saturated heterocycles. The van der Waals surface area contributed by atoms with Gasteiger partial charge < -0.3 is 5.32 Å². The van der Waals surface area contributed by atoms with Crippen LogP contribution in [0.4, 0.5) is 13.2 Å². The maximum atomic E-state index is 13.0. The molecule has 2 aromatic carbocycles. The molecule has 0 bridgehead atoms. The molecule has 0 spiro atoms. The molecule has 37 heavy (non-hydrogen) atoms. The Morgan fingerprint density at radius 3 is 2.57 bits per heavy atom. The summed E-state index contributed by atoms with van der Waals surface area (Å²) in [7, 11) is 0. The van der Waals surface area contributed by atoms with Gasteiger partial charge in [0.25, 0.3) is 5.56 Å². The molecule has 0 unspecified atom stereocenters. The number of amides is 1. The Hall–Kier alpha value is -3.60. The number of carbonyl (C=O) groups excluding carboxylic acids is 1. The summed E-state index contributed by atoms with van der Waals surface area (Å²) in [5.41, 5.74) is 0.415. The number of thioether (sulfide) groups is 1. The fourth-order valence-corrected chi connectivity index (χ4v) is 4.66. The minimum atomic E-state index is -4.46. The fourth-order valence-electron chi connectivity index (χ4n) is 3.82. The number of nitrogens with zero attached hydrogens (tertiary/aromatic N) is 4. The standard InChI is InChI=1S/C26H26F3N5O2S/c1-17(2)37-21-8-6-18(7-9-21)13-23(35)30-10-11-34-24-22(14-32-34)25(36)33(16-31-24)15-19-4-3-5-20(12-19)26(27,28)29/h3-9,12,14,16-17H,10-11,13,15H2,1-2H3,(H,30,35). The molecule has 0 radical (unpaired) electrons. The van der Waals surface area contributed by atoms with Gasteiger partial charge in [-0.1, -0.05) is 38.1 Å². The van der Waals surface area contributed by atoms with E-state index >= 15 is 0 Å². The van der Waals surface area contributed by atoms with Crippen LogP contribution in [0.2, 0.25) is 0 Å². The minimum absolute atomic E-state index is 0.0515. The van der Waals surface area contributed by atoms with Crippen LogP contribution in [0.5, 0.6) is 0 Å². The molecule has 2 heterocycles. The topological polar surface area (TPSA) is 81.8 Å². The highest BCUT2D eigenvalue weighted by Gasteiger charge is 2.30. The summed E-state index contributed by atoms with van der Waals surface area (Å²) < 4.78 is 41.7. The molecule has 4 rings (SSSR count). The summed E-state index contributed by atoms with van der Waals surface area (Å²) in [6, 6.07) is 12.7. The van der Waals surface area contributed by atoms with Crippen LogP contribution < -0.4 is 10.9 Å². The summed E-state index contributed by atoms with van der Waals surface area (Å²) >= 11 is 1.76. The largest absolute Gasteiger partial charge is 0.416 e. The van der Waals surface area contributed by atoms with Gasteiger partial charge in [0.05, 0.1) is 31.3 Å². The number of aromatic nitrogens is 4. The Bertz CT molecular complexity index is 1450. The van der Waals surface area contributed by atoms with Gasteiger partial charge in [0, 0.05) is 16.7 Å². The van der Waals surface area contributed by atoms with Gasteiger partial charge in [-0.25, -0.2) is 9.67 Å². The summed E-state index contributed by atoms with van der Waals surface area (Å²) in [4.78, 5) is 30.7. The first-order valence-electron chi connectivity index (χ1n) is 11.7. The highest BCUT2D eigenvalue weighted by atomic mass is 32.2. The average molecular weight is 530 g/mol. The van der Waals surface area contributed by atoms with Crippen molar-refractivity contribution in [3.8, 4) is 0 Å². The minimum Gasteiger partial charge on any atom is -0.354 e. The quantitative estimate of drug-likeness (QED) is 0.323. The number of alkyl halides is 3. The van der Waals surface area contributed by atoms with E-state index in [1.807, 2.05) is 24.3 Å². The van der Waals surface area contributed by atoms with Crippen molar-refractivity contribution in [1.29, 1.82) is 0 Å². The number of fused-ring (bicyclic) bond motifs is 1. The van der Waals surface area contributed by atoms with Crippen LogP contribution >= 0.6 is 11.8 Å². The Labute approximate surface area is 215 Å². The molecule has 2 aromatic heterocycles. The van der Waals surface area contributed by atoms with E-state index in [4.69, 9.17) is 0 Å². The lowest BCUT2D eigenvalue weighted by atomic mass is 10.1. The van der Waals surface area contributed by atoms with Crippen LogP contribution in [-0.2, 0) is 30.5 Å². The summed E-state index contributed by atoms with van der Waals surface area (Å²) in [5, 5.41) is 7.79. The first kappa shape index (κ1) is 26.5. The van der Waals surface area contributed by atoms with Crippen LogP contribution in [0.15, 0.2) is 70.7 Å². The molecule has 1 N–H and O–H groups in total. The van der Waals surface area contributed by atoms with Crippen molar-refractivity contribution < 1.29 is 18.0 Å². The van der Waals surface area contributed by atoms with Gasteiger partial charge in [0.15, 0.2) is 5.65 Å². The highest BCUT2D eigenvalue weighted by molar-refractivity contribution is 7.99. The van der Waals surface area contributed by atoms with Gasteiger partial charge in [-0.2, -0.15) is 18.3 Å². The Morgan fingerprint density at radius 2 is 1.86 bits per heavy atom. The van der Waals surface area contributed by atoms with E-state index in [-0.39, 0.29) is 24.3 Å². The zero-order valence-electron chi connectivity index (χ0n) is 20.3. The Balaban J connectivity index is 1.36. The van der Waals surface area contributed by atoms with E-state index in [1.165, 1.54) is 33.9 Å². The van der Waals surface area contributed by atoms with Gasteiger partial charge in [-0.05, 0) is 35.4 Å². The van der Waals surface area contributed by atoms with Crippen molar-refractivity contribution in [2.24, 2.45) is 0 Å². The van der Waals surface area contributed by atoms with E-state index in [0.717, 1.165) is 22.6 Å².